The third-order valence-electron chi connectivity index (χ3n) is 3.48. The van der Waals surface area contributed by atoms with Gasteiger partial charge in [-0.2, -0.15) is 0 Å². The fraction of sp³-hybridized carbons (Fsp3) is 0.882. The Balaban J connectivity index is 2.99. The van der Waals surface area contributed by atoms with Crippen molar-refractivity contribution in [3.8, 4) is 0 Å². The Bertz CT molecular complexity index is 184. The van der Waals surface area contributed by atoms with Gasteiger partial charge in [-0.25, -0.2) is 0 Å². The minimum atomic E-state index is 0.896. The monoisotopic (exact) mass is 254 g/mol. The molecule has 0 saturated heterocycles. The van der Waals surface area contributed by atoms with E-state index in [1.54, 1.807) is 0 Å². The molecule has 0 amide bonds. The molecule has 108 valence electrons. The molecule has 1 heteroatoms. The van der Waals surface area contributed by atoms with Gasteiger partial charge < -0.3 is 4.74 Å². The first kappa shape index (κ1) is 17.5. The SMILES string of the molecule is CC=C(C)OCCCCCCCCCCCCC. The van der Waals surface area contributed by atoms with Crippen LogP contribution in [0.1, 0.15) is 91.4 Å². The first-order valence-electron chi connectivity index (χ1n) is 8.07. The van der Waals surface area contributed by atoms with Gasteiger partial charge in [-0.05, 0) is 20.3 Å². The second kappa shape index (κ2) is 14.6. The summed E-state index contributed by atoms with van der Waals surface area (Å²) in [5.74, 6) is 1.06. The number of hydrogen-bond acceptors (Lipinski definition) is 1. The van der Waals surface area contributed by atoms with Gasteiger partial charge in [-0.15, -0.1) is 0 Å². The lowest BCUT2D eigenvalue weighted by atomic mass is 10.1. The van der Waals surface area contributed by atoms with E-state index in [2.05, 4.69) is 6.92 Å². The minimum Gasteiger partial charge on any atom is -0.499 e. The zero-order chi connectivity index (χ0) is 13.5. The maximum atomic E-state index is 5.53. The summed E-state index contributed by atoms with van der Waals surface area (Å²) in [7, 11) is 0. The van der Waals surface area contributed by atoms with Crippen molar-refractivity contribution in [1.29, 1.82) is 0 Å². The maximum Gasteiger partial charge on any atom is 0.0886 e. The van der Waals surface area contributed by atoms with E-state index in [4.69, 9.17) is 4.74 Å². The van der Waals surface area contributed by atoms with Crippen molar-refractivity contribution >= 4 is 0 Å². The molecule has 0 saturated carbocycles. The van der Waals surface area contributed by atoms with Crippen molar-refractivity contribution in [3.63, 3.8) is 0 Å². The average molecular weight is 254 g/mol. The molecule has 0 unspecified atom stereocenters. The van der Waals surface area contributed by atoms with Gasteiger partial charge in [-0.1, -0.05) is 77.2 Å². The van der Waals surface area contributed by atoms with Gasteiger partial charge in [0.2, 0.25) is 0 Å². The molecule has 0 radical (unpaired) electrons. The molecular formula is C17H34O. The number of unbranched alkanes of at least 4 members (excludes halogenated alkanes) is 10. The highest BCUT2D eigenvalue weighted by Gasteiger charge is 1.93. The maximum absolute atomic E-state index is 5.53. The summed E-state index contributed by atoms with van der Waals surface area (Å²) >= 11 is 0. The van der Waals surface area contributed by atoms with Crippen LogP contribution in [0, 0.1) is 0 Å². The third-order valence-corrected chi connectivity index (χ3v) is 3.48. The van der Waals surface area contributed by atoms with Gasteiger partial charge in [0.05, 0.1) is 12.4 Å². The zero-order valence-corrected chi connectivity index (χ0v) is 13.0. The number of hydrogen-bond donors (Lipinski definition) is 0. The Labute approximate surface area is 115 Å². The van der Waals surface area contributed by atoms with E-state index in [1.807, 2.05) is 19.9 Å². The van der Waals surface area contributed by atoms with Crippen LogP contribution in [-0.4, -0.2) is 6.61 Å². The molecule has 0 spiro atoms. The molecular weight excluding hydrogens is 220 g/mol. The Morgan fingerprint density at radius 1 is 0.778 bits per heavy atom. The smallest absolute Gasteiger partial charge is 0.0886 e. The van der Waals surface area contributed by atoms with Crippen LogP contribution in [0.2, 0.25) is 0 Å². The van der Waals surface area contributed by atoms with E-state index in [0.29, 0.717) is 0 Å². The topological polar surface area (TPSA) is 9.23 Å². The summed E-state index contributed by atoms with van der Waals surface area (Å²) in [4.78, 5) is 0. The van der Waals surface area contributed by atoms with Crippen LogP contribution < -0.4 is 0 Å². The van der Waals surface area contributed by atoms with E-state index in [-0.39, 0.29) is 0 Å². The molecule has 0 aromatic carbocycles. The molecule has 0 aliphatic carbocycles. The highest BCUT2D eigenvalue weighted by molar-refractivity contribution is 4.83. The van der Waals surface area contributed by atoms with Gasteiger partial charge >= 0.3 is 0 Å². The quantitative estimate of drug-likeness (QED) is 0.279. The molecule has 0 N–H and O–H groups in total. The molecule has 0 fully saturated rings. The zero-order valence-electron chi connectivity index (χ0n) is 13.0. The molecule has 0 aromatic rings. The van der Waals surface area contributed by atoms with Gasteiger partial charge in [0.15, 0.2) is 0 Å². The first-order valence-corrected chi connectivity index (χ1v) is 8.07. The van der Waals surface area contributed by atoms with Crippen LogP contribution >= 0.6 is 0 Å². The second-order valence-electron chi connectivity index (χ2n) is 5.28. The van der Waals surface area contributed by atoms with E-state index in [0.717, 1.165) is 12.4 Å². The van der Waals surface area contributed by atoms with Crippen molar-refractivity contribution in [3.05, 3.63) is 11.8 Å². The molecule has 0 aliphatic heterocycles. The van der Waals surface area contributed by atoms with E-state index < -0.39 is 0 Å². The van der Waals surface area contributed by atoms with Crippen LogP contribution in [-0.2, 0) is 4.74 Å². The second-order valence-corrected chi connectivity index (χ2v) is 5.28. The molecule has 18 heavy (non-hydrogen) atoms. The molecule has 0 rings (SSSR count). The molecule has 0 atom stereocenters. The Morgan fingerprint density at radius 2 is 1.22 bits per heavy atom. The number of ether oxygens (including phenoxy) is 1. The Morgan fingerprint density at radius 3 is 1.67 bits per heavy atom. The van der Waals surface area contributed by atoms with Crippen molar-refractivity contribution < 1.29 is 4.74 Å². The van der Waals surface area contributed by atoms with Crippen LogP contribution in [0.15, 0.2) is 11.8 Å². The molecule has 0 heterocycles. The summed E-state index contributed by atoms with van der Waals surface area (Å²) in [5, 5.41) is 0. The van der Waals surface area contributed by atoms with Crippen LogP contribution in [0.3, 0.4) is 0 Å². The highest BCUT2D eigenvalue weighted by Crippen LogP contribution is 2.11. The van der Waals surface area contributed by atoms with Gasteiger partial charge in [0, 0.05) is 0 Å². The summed E-state index contributed by atoms with van der Waals surface area (Å²) in [5.41, 5.74) is 0. The van der Waals surface area contributed by atoms with Crippen molar-refractivity contribution in [2.75, 3.05) is 6.61 Å². The van der Waals surface area contributed by atoms with Gasteiger partial charge in [-0.3, -0.25) is 0 Å². The van der Waals surface area contributed by atoms with Gasteiger partial charge in [0.25, 0.3) is 0 Å². The van der Waals surface area contributed by atoms with Crippen LogP contribution in [0.5, 0.6) is 0 Å². The largest absolute Gasteiger partial charge is 0.499 e. The van der Waals surface area contributed by atoms with Crippen molar-refractivity contribution in [1.82, 2.24) is 0 Å². The average Bonchev–Trinajstić information content (AvgIpc) is 2.39. The highest BCUT2D eigenvalue weighted by atomic mass is 16.5. The van der Waals surface area contributed by atoms with E-state index in [1.165, 1.54) is 70.6 Å². The third kappa shape index (κ3) is 13.6. The van der Waals surface area contributed by atoms with Crippen LogP contribution in [0.25, 0.3) is 0 Å². The van der Waals surface area contributed by atoms with Gasteiger partial charge in [0.1, 0.15) is 0 Å². The Hall–Kier alpha value is -0.460. The summed E-state index contributed by atoms with van der Waals surface area (Å²) in [6, 6.07) is 0. The number of allylic oxidation sites excluding steroid dienone is 2. The molecule has 0 bridgehead atoms. The summed E-state index contributed by atoms with van der Waals surface area (Å²) in [6.45, 7) is 7.23. The lowest BCUT2D eigenvalue weighted by molar-refractivity contribution is 0.206. The Kier molecular flexibility index (Phi) is 14.2. The fourth-order valence-electron chi connectivity index (χ4n) is 2.08. The lowest BCUT2D eigenvalue weighted by Crippen LogP contribution is -1.92. The predicted octanol–water partition coefficient (Wildman–Crippen LogP) is 6.24. The first-order chi connectivity index (χ1) is 8.81. The molecule has 1 nitrogen and oxygen atoms in total. The molecule has 0 aliphatic rings. The summed E-state index contributed by atoms with van der Waals surface area (Å²) < 4.78 is 5.53. The fourth-order valence-corrected chi connectivity index (χ4v) is 2.08. The van der Waals surface area contributed by atoms with Crippen molar-refractivity contribution in [2.45, 2.75) is 91.4 Å². The lowest BCUT2D eigenvalue weighted by Gasteiger charge is -2.05. The normalized spacial score (nSPS) is 11.8. The van der Waals surface area contributed by atoms with E-state index >= 15 is 0 Å². The van der Waals surface area contributed by atoms with Crippen LogP contribution in [0.4, 0.5) is 0 Å². The predicted molar refractivity (Wildman–Crippen MR) is 81.8 cm³/mol. The number of rotatable bonds is 13. The standard InChI is InChI=1S/C17H34O/c1-4-6-7-8-9-10-11-12-13-14-15-16-18-17(3)5-2/h5H,4,6-16H2,1-3H3. The summed E-state index contributed by atoms with van der Waals surface area (Å²) in [6.07, 6.45) is 17.3. The van der Waals surface area contributed by atoms with E-state index in [9.17, 15) is 0 Å². The van der Waals surface area contributed by atoms with Crippen molar-refractivity contribution in [2.24, 2.45) is 0 Å². The molecule has 0 aromatic heterocycles. The minimum absolute atomic E-state index is 0.896.